The van der Waals surface area contributed by atoms with Gasteiger partial charge in [0.05, 0.1) is 44.2 Å². The minimum atomic E-state index is -1.79. The largest absolute Gasteiger partial charge is 0.463 e. The molecule has 3 aliphatic rings. The predicted molar refractivity (Wildman–Crippen MR) is 283 cm³/mol. The Labute approximate surface area is 452 Å². The predicted octanol–water partition coefficient (Wildman–Crippen LogP) is 8.20. The molecule has 404 valence electrons. The molecule has 9 rings (SSSR count). The molecule has 0 N–H and O–H groups in total. The van der Waals surface area contributed by atoms with Gasteiger partial charge in [-0.15, -0.1) is 0 Å². The first-order valence-electron chi connectivity index (χ1n) is 25.8. The van der Waals surface area contributed by atoms with E-state index >= 15 is 9.59 Å². The fourth-order valence-corrected chi connectivity index (χ4v) is 9.82. The Balaban J connectivity index is 1.20. The highest BCUT2D eigenvalue weighted by atomic mass is 16.8. The van der Waals surface area contributed by atoms with Gasteiger partial charge in [0.25, 0.3) is 11.8 Å². The first kappa shape index (κ1) is 55.1. The van der Waals surface area contributed by atoms with Gasteiger partial charge in [-0.05, 0) is 33.4 Å². The van der Waals surface area contributed by atoms with Crippen LogP contribution in [0.5, 0.6) is 0 Å². The van der Waals surface area contributed by atoms with Gasteiger partial charge in [-0.3, -0.25) is 28.9 Å². The number of hydrogen-bond donors (Lipinski definition) is 0. The Morgan fingerprint density at radius 1 is 0.423 bits per heavy atom. The van der Waals surface area contributed by atoms with Crippen LogP contribution in [-0.2, 0) is 97.8 Å². The second kappa shape index (κ2) is 26.6. The molecule has 2 saturated heterocycles. The minimum Gasteiger partial charge on any atom is -0.463 e. The molecular weight excluding hydrogens is 999 g/mol. The maximum Gasteiger partial charge on any atom is 0.303 e. The van der Waals surface area contributed by atoms with Crippen molar-refractivity contribution < 1.29 is 71.3 Å². The van der Waals surface area contributed by atoms with Crippen molar-refractivity contribution in [3.63, 3.8) is 0 Å². The van der Waals surface area contributed by atoms with Gasteiger partial charge < -0.3 is 47.4 Å². The zero-order chi connectivity index (χ0) is 54.4. The van der Waals surface area contributed by atoms with Crippen molar-refractivity contribution in [1.82, 2.24) is 4.90 Å². The summed E-state index contributed by atoms with van der Waals surface area (Å²) in [6.07, 6.45) is -12.2. The van der Waals surface area contributed by atoms with Crippen molar-refractivity contribution in [3.8, 4) is 0 Å². The van der Waals surface area contributed by atoms with E-state index in [9.17, 15) is 14.4 Å². The molecule has 0 radical (unpaired) electrons. The van der Waals surface area contributed by atoms with Crippen LogP contribution in [0.4, 0.5) is 0 Å². The summed E-state index contributed by atoms with van der Waals surface area (Å²) >= 11 is 0. The van der Waals surface area contributed by atoms with Crippen molar-refractivity contribution in [3.05, 3.63) is 215 Å². The van der Waals surface area contributed by atoms with E-state index in [1.165, 1.54) is 6.92 Å². The lowest BCUT2D eigenvalue weighted by molar-refractivity contribution is -0.363. The Hall–Kier alpha value is -7.67. The fourth-order valence-electron chi connectivity index (χ4n) is 9.82. The number of carbonyl (C=O) groups excluding carboxylic acids is 5. The molecule has 2 fully saturated rings. The van der Waals surface area contributed by atoms with E-state index in [2.05, 4.69) is 0 Å². The lowest BCUT2D eigenvalue weighted by Gasteiger charge is -2.51. The monoisotopic (exact) mass is 1060 g/mol. The van der Waals surface area contributed by atoms with Gasteiger partial charge in [-0.25, -0.2) is 0 Å². The highest BCUT2D eigenvalue weighted by molar-refractivity contribution is 6.49. The van der Waals surface area contributed by atoms with Crippen LogP contribution in [0.15, 0.2) is 182 Å². The topological polar surface area (TPSA) is 181 Å². The van der Waals surface area contributed by atoms with Crippen molar-refractivity contribution in [2.45, 2.75) is 109 Å². The maximum atomic E-state index is 15.6. The summed E-state index contributed by atoms with van der Waals surface area (Å²) < 4.78 is 65.8. The van der Waals surface area contributed by atoms with Crippen molar-refractivity contribution in [2.75, 3.05) is 13.2 Å². The first-order chi connectivity index (χ1) is 38.0. The number of amides is 2. The van der Waals surface area contributed by atoms with Crippen LogP contribution in [0.25, 0.3) is 11.1 Å². The van der Waals surface area contributed by atoms with Crippen molar-refractivity contribution >= 4 is 40.9 Å². The number of carbonyl (C=O) groups is 5. The average Bonchev–Trinajstić information content (AvgIpc) is 3.99. The lowest BCUT2D eigenvalue weighted by Crippen LogP contribution is -2.70. The van der Waals surface area contributed by atoms with E-state index in [0.717, 1.165) is 41.0 Å². The molecule has 16 nitrogen and oxygen atoms in total. The van der Waals surface area contributed by atoms with Crippen molar-refractivity contribution in [1.29, 1.82) is 0 Å². The number of benzene rings is 6. The van der Waals surface area contributed by atoms with Crippen LogP contribution < -0.4 is 0 Å². The molecule has 78 heavy (non-hydrogen) atoms. The van der Waals surface area contributed by atoms with Crippen LogP contribution in [-0.4, -0.2) is 109 Å². The van der Waals surface area contributed by atoms with E-state index < -0.39 is 97.7 Å². The quantitative estimate of drug-likeness (QED) is 0.0360. The van der Waals surface area contributed by atoms with Crippen LogP contribution in [0, 0.1) is 0 Å². The molecule has 10 atom stereocenters. The van der Waals surface area contributed by atoms with Crippen molar-refractivity contribution in [2.24, 2.45) is 0 Å². The zero-order valence-electron chi connectivity index (χ0n) is 43.4. The van der Waals surface area contributed by atoms with Crippen LogP contribution in [0.2, 0.25) is 0 Å². The van der Waals surface area contributed by atoms with Crippen LogP contribution >= 0.6 is 0 Å². The van der Waals surface area contributed by atoms with Gasteiger partial charge >= 0.3 is 17.9 Å². The highest BCUT2D eigenvalue weighted by Gasteiger charge is 2.60. The van der Waals surface area contributed by atoms with Gasteiger partial charge in [0.1, 0.15) is 43.2 Å². The minimum absolute atomic E-state index is 0.0298. The van der Waals surface area contributed by atoms with E-state index in [4.69, 9.17) is 47.4 Å². The molecule has 0 saturated carbocycles. The standard InChI is InChI=1S/C62H61NO15/c1-40(64)70-39-50-54(74-41(2)65)56(75-42(3)66)53(63-59(67)51(47-30-18-8-19-31-47)52(60(63)68)48-32-20-9-21-33-48)61(76-50)78-55-49(38-69-34-43-22-10-4-11-23-43)77-62(73-37-46-28-16-7-17-29-46)58(72-36-45-26-14-6-15-27-45)57(55)71-35-44-24-12-5-13-25-44/h4-33,49-50,53-58,61-62H,34-39H2,1-3H3/t49-,50-,53-,54-,55-,56-,57+,58-,61+,62-/m1/s1. The molecule has 3 aliphatic heterocycles. The van der Waals surface area contributed by atoms with E-state index in [1.807, 2.05) is 121 Å². The summed E-state index contributed by atoms with van der Waals surface area (Å²) in [5.74, 6) is -3.98. The molecular formula is C62H61NO15. The zero-order valence-corrected chi connectivity index (χ0v) is 43.4. The third kappa shape index (κ3) is 13.7. The number of imide groups is 1. The number of nitrogens with zero attached hydrogens (tertiary/aromatic N) is 1. The molecule has 0 aromatic heterocycles. The number of hydrogen-bond acceptors (Lipinski definition) is 15. The molecule has 0 spiro atoms. The third-order valence-electron chi connectivity index (χ3n) is 13.3. The summed E-state index contributed by atoms with van der Waals surface area (Å²) in [7, 11) is 0. The maximum absolute atomic E-state index is 15.6. The van der Waals surface area contributed by atoms with Gasteiger partial charge in [0, 0.05) is 20.8 Å². The van der Waals surface area contributed by atoms with Crippen LogP contribution in [0.3, 0.4) is 0 Å². The molecule has 0 aliphatic carbocycles. The smallest absolute Gasteiger partial charge is 0.303 e. The molecule has 2 amide bonds. The normalized spacial score (nSPS) is 24.2. The molecule has 3 heterocycles. The van der Waals surface area contributed by atoms with Gasteiger partial charge in [-0.2, -0.15) is 0 Å². The van der Waals surface area contributed by atoms with Gasteiger partial charge in [0.15, 0.2) is 24.8 Å². The number of ether oxygens (including phenoxy) is 10. The molecule has 0 unspecified atom stereocenters. The molecule has 0 bridgehead atoms. The number of rotatable bonds is 22. The Bertz CT molecular complexity index is 2900. The van der Waals surface area contributed by atoms with E-state index in [-0.39, 0.29) is 44.2 Å². The highest BCUT2D eigenvalue weighted by Crippen LogP contribution is 2.43. The second-order valence-corrected chi connectivity index (χ2v) is 18.9. The second-order valence-electron chi connectivity index (χ2n) is 18.9. The van der Waals surface area contributed by atoms with Crippen LogP contribution in [0.1, 0.15) is 54.2 Å². The summed E-state index contributed by atoms with van der Waals surface area (Å²) in [6.45, 7) is 3.15. The molecule has 6 aromatic carbocycles. The van der Waals surface area contributed by atoms with E-state index in [1.54, 1.807) is 60.7 Å². The Morgan fingerprint density at radius 3 is 1.28 bits per heavy atom. The lowest BCUT2D eigenvalue weighted by atomic mass is 9.93. The third-order valence-corrected chi connectivity index (χ3v) is 13.3. The average molecular weight is 1060 g/mol. The summed E-state index contributed by atoms with van der Waals surface area (Å²) in [5.41, 5.74) is 4.29. The Morgan fingerprint density at radius 2 is 0.821 bits per heavy atom. The van der Waals surface area contributed by atoms with E-state index in [0.29, 0.717) is 11.1 Å². The molecule has 6 aromatic rings. The summed E-state index contributed by atoms with van der Waals surface area (Å²) in [6, 6.07) is 53.7. The first-order valence-corrected chi connectivity index (χ1v) is 25.8. The van der Waals surface area contributed by atoms with Gasteiger partial charge in [-0.1, -0.05) is 182 Å². The fraction of sp³-hybridized carbons (Fsp3) is 0.306. The molecule has 16 heteroatoms. The SMILES string of the molecule is CC(=O)OC[C@H]1O[C@@H](O[C@H]2[C@H](OCc3ccccc3)[C@@H](OCc3ccccc3)[C@H](OCc3ccccc3)O[C@@H]2COCc2ccccc2)[C@H](N2C(=O)C(c3ccccc3)=C(c3ccccc3)C2=O)[C@@H](OC(C)=O)[C@@H]1OC(C)=O. The van der Waals surface area contributed by atoms with Gasteiger partial charge in [0.2, 0.25) is 0 Å². The summed E-state index contributed by atoms with van der Waals surface area (Å²) in [5, 5.41) is 0. The summed E-state index contributed by atoms with van der Waals surface area (Å²) in [4.78, 5) is 71.2. The number of esters is 3. The Kier molecular flexibility index (Phi) is 18.8.